The smallest absolute Gasteiger partial charge is 0.311 e. The lowest BCUT2D eigenvalue weighted by molar-refractivity contribution is -0.151. The third-order valence-corrected chi connectivity index (χ3v) is 5.39. The summed E-state index contributed by atoms with van der Waals surface area (Å²) in [5.74, 6) is -0.855. The molecule has 1 amide bonds. The normalized spacial score (nSPS) is 21.0. The number of likely N-dealkylation sites (tertiary alicyclic amines) is 1. The predicted octanol–water partition coefficient (Wildman–Crippen LogP) is 3.89. The number of halogens is 2. The number of nitrogens with zero attached hydrogens (tertiary/aromatic N) is 1. The predicted molar refractivity (Wildman–Crippen MR) is 90.9 cm³/mol. The number of aryl methyl sites for hydroxylation is 1. The molecule has 1 N–H and O–H groups in total. The van der Waals surface area contributed by atoms with Crippen LogP contribution < -0.4 is 0 Å². The van der Waals surface area contributed by atoms with E-state index in [2.05, 4.69) is 0 Å². The lowest BCUT2D eigenvalue weighted by Gasteiger charge is -2.28. The summed E-state index contributed by atoms with van der Waals surface area (Å²) < 4.78 is 0. The first-order chi connectivity index (χ1) is 10.8. The standard InChI is InChI=1S/C17H21Cl2NO3/c1-11(2)17(16(22)23)7-8-20(10-17)15(21)6-4-12-3-5-13(18)9-14(12)19/h3,5,9,11H,4,6-8,10H2,1-2H3,(H,22,23). The van der Waals surface area contributed by atoms with E-state index in [9.17, 15) is 14.7 Å². The second-order valence-electron chi connectivity index (χ2n) is 6.42. The minimum absolute atomic E-state index is 0.0106. The van der Waals surface area contributed by atoms with Crippen LogP contribution in [0.5, 0.6) is 0 Å². The summed E-state index contributed by atoms with van der Waals surface area (Å²) in [5, 5.41) is 10.6. The number of hydrogen-bond donors (Lipinski definition) is 1. The molecule has 1 aliphatic heterocycles. The van der Waals surface area contributed by atoms with Crippen LogP contribution in [-0.2, 0) is 16.0 Å². The quantitative estimate of drug-likeness (QED) is 0.869. The second kappa shape index (κ2) is 7.10. The molecule has 1 atom stereocenters. The molecule has 0 aliphatic carbocycles. The highest BCUT2D eigenvalue weighted by Gasteiger charge is 2.48. The molecular formula is C17H21Cl2NO3. The lowest BCUT2D eigenvalue weighted by Crippen LogP contribution is -2.40. The number of carboxylic acid groups (broad SMARTS) is 1. The number of rotatable bonds is 5. The van der Waals surface area contributed by atoms with Crippen LogP contribution >= 0.6 is 23.2 Å². The summed E-state index contributed by atoms with van der Waals surface area (Å²) in [4.78, 5) is 25.7. The van der Waals surface area contributed by atoms with Gasteiger partial charge in [0.25, 0.3) is 0 Å². The van der Waals surface area contributed by atoms with Crippen molar-refractivity contribution in [3.05, 3.63) is 33.8 Å². The number of carboxylic acids is 1. The molecule has 2 rings (SSSR count). The maximum absolute atomic E-state index is 12.4. The molecule has 1 heterocycles. The molecule has 0 bridgehead atoms. The molecule has 0 spiro atoms. The molecule has 6 heteroatoms. The van der Waals surface area contributed by atoms with Crippen molar-refractivity contribution in [1.82, 2.24) is 4.90 Å². The zero-order valence-electron chi connectivity index (χ0n) is 13.3. The molecule has 1 aliphatic rings. The van der Waals surface area contributed by atoms with E-state index < -0.39 is 11.4 Å². The van der Waals surface area contributed by atoms with Gasteiger partial charge in [-0.1, -0.05) is 43.1 Å². The van der Waals surface area contributed by atoms with Gasteiger partial charge in [0, 0.05) is 29.6 Å². The van der Waals surface area contributed by atoms with Gasteiger partial charge in [-0.05, 0) is 36.5 Å². The van der Waals surface area contributed by atoms with Crippen LogP contribution in [-0.4, -0.2) is 35.0 Å². The molecule has 0 aromatic heterocycles. The Labute approximate surface area is 146 Å². The molecule has 126 valence electrons. The van der Waals surface area contributed by atoms with Crippen LogP contribution in [0.25, 0.3) is 0 Å². The Kier molecular flexibility index (Phi) is 5.58. The average molecular weight is 358 g/mol. The van der Waals surface area contributed by atoms with E-state index in [0.29, 0.717) is 35.9 Å². The largest absolute Gasteiger partial charge is 0.481 e. The van der Waals surface area contributed by atoms with Crippen LogP contribution in [0.4, 0.5) is 0 Å². The van der Waals surface area contributed by atoms with Crippen molar-refractivity contribution < 1.29 is 14.7 Å². The molecule has 4 nitrogen and oxygen atoms in total. The minimum Gasteiger partial charge on any atom is -0.481 e. The molecular weight excluding hydrogens is 337 g/mol. The number of carbonyl (C=O) groups excluding carboxylic acids is 1. The highest BCUT2D eigenvalue weighted by atomic mass is 35.5. The average Bonchev–Trinajstić information content (AvgIpc) is 2.92. The highest BCUT2D eigenvalue weighted by Crippen LogP contribution is 2.38. The van der Waals surface area contributed by atoms with E-state index in [0.717, 1.165) is 5.56 Å². The Balaban J connectivity index is 1.98. The monoisotopic (exact) mass is 357 g/mol. The third kappa shape index (κ3) is 3.81. The van der Waals surface area contributed by atoms with Crippen LogP contribution in [0.2, 0.25) is 10.0 Å². The van der Waals surface area contributed by atoms with E-state index in [1.54, 1.807) is 17.0 Å². The summed E-state index contributed by atoms with van der Waals surface area (Å²) >= 11 is 12.0. The van der Waals surface area contributed by atoms with Gasteiger partial charge in [-0.3, -0.25) is 9.59 Å². The fourth-order valence-corrected chi connectivity index (χ4v) is 3.57. The van der Waals surface area contributed by atoms with Gasteiger partial charge in [-0.2, -0.15) is 0 Å². The van der Waals surface area contributed by atoms with Gasteiger partial charge in [0.1, 0.15) is 0 Å². The SMILES string of the molecule is CC(C)C1(C(=O)O)CCN(C(=O)CCc2ccc(Cl)cc2Cl)C1. The van der Waals surface area contributed by atoms with Crippen molar-refractivity contribution >= 4 is 35.1 Å². The van der Waals surface area contributed by atoms with Crippen LogP contribution in [0.15, 0.2) is 18.2 Å². The number of hydrogen-bond acceptors (Lipinski definition) is 2. The van der Waals surface area contributed by atoms with E-state index >= 15 is 0 Å². The summed E-state index contributed by atoms with van der Waals surface area (Å²) in [6, 6.07) is 5.22. The van der Waals surface area contributed by atoms with Crippen LogP contribution in [0.1, 0.15) is 32.3 Å². The Morgan fingerprint density at radius 1 is 1.35 bits per heavy atom. The number of benzene rings is 1. The molecule has 1 aromatic rings. The third-order valence-electron chi connectivity index (χ3n) is 4.81. The maximum Gasteiger partial charge on any atom is 0.311 e. The summed E-state index contributed by atoms with van der Waals surface area (Å²) in [6.45, 7) is 4.58. The molecule has 1 saturated heterocycles. The fourth-order valence-electron chi connectivity index (χ4n) is 3.06. The minimum atomic E-state index is -0.826. The van der Waals surface area contributed by atoms with E-state index in [-0.39, 0.29) is 18.4 Å². The van der Waals surface area contributed by atoms with Gasteiger partial charge in [0.05, 0.1) is 5.41 Å². The summed E-state index contributed by atoms with van der Waals surface area (Å²) in [5.41, 5.74) is 0.0464. The van der Waals surface area contributed by atoms with Gasteiger partial charge >= 0.3 is 5.97 Å². The number of amides is 1. The van der Waals surface area contributed by atoms with E-state index in [4.69, 9.17) is 23.2 Å². The van der Waals surface area contributed by atoms with Gasteiger partial charge in [0.15, 0.2) is 0 Å². The van der Waals surface area contributed by atoms with Crippen molar-refractivity contribution in [3.63, 3.8) is 0 Å². The Morgan fingerprint density at radius 3 is 2.57 bits per heavy atom. The molecule has 0 radical (unpaired) electrons. The summed E-state index contributed by atoms with van der Waals surface area (Å²) in [7, 11) is 0. The Hall–Kier alpha value is -1.26. The van der Waals surface area contributed by atoms with Crippen LogP contribution in [0, 0.1) is 11.3 Å². The number of aliphatic carboxylic acids is 1. The lowest BCUT2D eigenvalue weighted by atomic mass is 9.76. The molecule has 23 heavy (non-hydrogen) atoms. The highest BCUT2D eigenvalue weighted by molar-refractivity contribution is 6.35. The first-order valence-electron chi connectivity index (χ1n) is 7.71. The van der Waals surface area contributed by atoms with Crippen molar-refractivity contribution in [2.45, 2.75) is 33.1 Å². The van der Waals surface area contributed by atoms with E-state index in [1.807, 2.05) is 19.9 Å². The van der Waals surface area contributed by atoms with Crippen LogP contribution in [0.3, 0.4) is 0 Å². The topological polar surface area (TPSA) is 57.6 Å². The first kappa shape index (κ1) is 18.1. The van der Waals surface area contributed by atoms with Crippen molar-refractivity contribution in [1.29, 1.82) is 0 Å². The van der Waals surface area contributed by atoms with Gasteiger partial charge in [-0.25, -0.2) is 0 Å². The van der Waals surface area contributed by atoms with Gasteiger partial charge in [0.2, 0.25) is 5.91 Å². The zero-order valence-corrected chi connectivity index (χ0v) is 14.8. The second-order valence-corrected chi connectivity index (χ2v) is 7.26. The van der Waals surface area contributed by atoms with Crippen molar-refractivity contribution in [3.8, 4) is 0 Å². The Morgan fingerprint density at radius 2 is 2.04 bits per heavy atom. The zero-order chi connectivity index (χ0) is 17.2. The maximum atomic E-state index is 12.4. The fraction of sp³-hybridized carbons (Fsp3) is 0.529. The molecule has 1 aromatic carbocycles. The number of carbonyl (C=O) groups is 2. The molecule has 1 fully saturated rings. The van der Waals surface area contributed by atoms with Crippen molar-refractivity contribution in [2.24, 2.45) is 11.3 Å². The molecule has 0 saturated carbocycles. The molecule has 1 unspecified atom stereocenters. The van der Waals surface area contributed by atoms with Gasteiger partial charge < -0.3 is 10.0 Å². The first-order valence-corrected chi connectivity index (χ1v) is 8.47. The van der Waals surface area contributed by atoms with Gasteiger partial charge in [-0.15, -0.1) is 0 Å². The van der Waals surface area contributed by atoms with Crippen molar-refractivity contribution in [2.75, 3.05) is 13.1 Å². The summed E-state index contributed by atoms with van der Waals surface area (Å²) in [6.07, 6.45) is 1.34. The Bertz CT molecular complexity index is 618. The van der Waals surface area contributed by atoms with E-state index in [1.165, 1.54) is 0 Å².